The lowest BCUT2D eigenvalue weighted by Crippen LogP contribution is -2.48. The van der Waals surface area contributed by atoms with E-state index in [1.807, 2.05) is 45.9 Å². The maximum absolute atomic E-state index is 12.1. The summed E-state index contributed by atoms with van der Waals surface area (Å²) in [6.45, 7) is 10.8. The maximum Gasteiger partial charge on any atom is 0.242 e. The molecule has 0 unspecified atom stereocenters. The Morgan fingerprint density at radius 2 is 1.93 bits per heavy atom. The Labute approximate surface area is 196 Å². The molecule has 164 valence electrons. The second-order valence-electron chi connectivity index (χ2n) is 8.25. The Balaban J connectivity index is 0.00000420. The number of rotatable bonds is 6. The lowest BCUT2D eigenvalue weighted by atomic mass is 9.74. The van der Waals surface area contributed by atoms with E-state index < -0.39 is 0 Å². The van der Waals surface area contributed by atoms with Gasteiger partial charge in [-0.1, -0.05) is 23.7 Å². The van der Waals surface area contributed by atoms with Gasteiger partial charge in [-0.05, 0) is 58.2 Å². The second-order valence-corrected chi connectivity index (χ2v) is 8.69. The van der Waals surface area contributed by atoms with Gasteiger partial charge in [-0.2, -0.15) is 0 Å². The van der Waals surface area contributed by atoms with Gasteiger partial charge in [0.15, 0.2) is 5.96 Å². The number of halogens is 2. The highest BCUT2D eigenvalue weighted by molar-refractivity contribution is 14.0. The Hall–Kier alpha value is -1.06. The summed E-state index contributed by atoms with van der Waals surface area (Å²) in [5.41, 5.74) is 0.863. The molecule has 0 atom stereocenters. The zero-order valence-electron chi connectivity index (χ0n) is 17.8. The molecule has 2 rings (SSSR count). The number of carbonyl (C=O) groups excluding carboxylic acids is 1. The van der Waals surface area contributed by atoms with Crippen LogP contribution in [0.2, 0.25) is 5.02 Å². The number of hydrogen-bond donors (Lipinski definition) is 3. The zero-order valence-corrected chi connectivity index (χ0v) is 20.9. The van der Waals surface area contributed by atoms with Gasteiger partial charge in [-0.15, -0.1) is 24.0 Å². The van der Waals surface area contributed by atoms with Crippen LogP contribution < -0.4 is 16.0 Å². The maximum atomic E-state index is 12.1. The van der Waals surface area contributed by atoms with Gasteiger partial charge >= 0.3 is 0 Å². The number of ether oxygens (including phenoxy) is 1. The minimum atomic E-state index is -0.267. The van der Waals surface area contributed by atoms with Crippen LogP contribution >= 0.6 is 35.6 Å². The van der Waals surface area contributed by atoms with Crippen molar-refractivity contribution in [2.24, 2.45) is 4.99 Å². The molecule has 3 N–H and O–H groups in total. The topological polar surface area (TPSA) is 74.8 Å². The first kappa shape index (κ1) is 26.0. The van der Waals surface area contributed by atoms with Crippen LogP contribution in [0.5, 0.6) is 0 Å². The predicted octanol–water partition coefficient (Wildman–Crippen LogP) is 3.48. The molecule has 0 aliphatic carbocycles. The summed E-state index contributed by atoms with van der Waals surface area (Å²) in [6.07, 6.45) is 1.81. The fourth-order valence-corrected chi connectivity index (χ4v) is 3.54. The summed E-state index contributed by atoms with van der Waals surface area (Å²) in [7, 11) is 0. The first-order valence-electron chi connectivity index (χ1n) is 9.91. The monoisotopic (exact) mass is 536 g/mol. The molecule has 1 heterocycles. The van der Waals surface area contributed by atoms with Crippen molar-refractivity contribution < 1.29 is 9.53 Å². The Morgan fingerprint density at radius 3 is 2.52 bits per heavy atom. The van der Waals surface area contributed by atoms with Crippen molar-refractivity contribution in [3.8, 4) is 0 Å². The molecule has 0 spiro atoms. The normalized spacial score (nSPS) is 16.5. The molecule has 0 aromatic heterocycles. The predicted molar refractivity (Wildman–Crippen MR) is 130 cm³/mol. The van der Waals surface area contributed by atoms with Crippen LogP contribution in [0.3, 0.4) is 0 Å². The second kappa shape index (κ2) is 12.0. The number of hydrogen-bond acceptors (Lipinski definition) is 3. The Morgan fingerprint density at radius 1 is 1.24 bits per heavy atom. The Bertz CT molecular complexity index is 686. The molecule has 1 aliphatic rings. The van der Waals surface area contributed by atoms with Crippen LogP contribution in [0.25, 0.3) is 0 Å². The van der Waals surface area contributed by atoms with Crippen molar-refractivity contribution in [3.05, 3.63) is 34.9 Å². The summed E-state index contributed by atoms with van der Waals surface area (Å²) in [6, 6.07) is 8.05. The SMILES string of the molecule is CCNC(=NCC(=O)NC(C)(C)C)NCC1(c2cccc(Cl)c2)CCOCC1.I. The fraction of sp³-hybridized carbons (Fsp3) is 0.619. The van der Waals surface area contributed by atoms with Crippen LogP contribution in [0.15, 0.2) is 29.3 Å². The minimum Gasteiger partial charge on any atom is -0.381 e. The largest absolute Gasteiger partial charge is 0.381 e. The van der Waals surface area contributed by atoms with E-state index in [2.05, 4.69) is 27.0 Å². The molecule has 8 heteroatoms. The fourth-order valence-electron chi connectivity index (χ4n) is 3.35. The molecule has 1 saturated heterocycles. The standard InChI is InChI=1S/C21H33ClN4O2.HI/c1-5-23-19(24-14-18(27)26-20(2,3)4)25-15-21(9-11-28-12-10-21)16-7-6-8-17(22)13-16;/h6-8,13H,5,9-12,14-15H2,1-4H3,(H,26,27)(H2,23,24,25);1H. The van der Waals surface area contributed by atoms with Crippen molar-refractivity contribution in [1.82, 2.24) is 16.0 Å². The van der Waals surface area contributed by atoms with Crippen molar-refractivity contribution in [2.45, 2.75) is 51.5 Å². The average Bonchev–Trinajstić information content (AvgIpc) is 2.63. The third-order valence-corrected chi connectivity index (χ3v) is 4.96. The molecule has 1 aliphatic heterocycles. The van der Waals surface area contributed by atoms with E-state index in [4.69, 9.17) is 16.3 Å². The van der Waals surface area contributed by atoms with Crippen molar-refractivity contribution in [1.29, 1.82) is 0 Å². The molecular formula is C21H34ClIN4O2. The van der Waals surface area contributed by atoms with Gasteiger partial charge in [0.2, 0.25) is 5.91 Å². The summed E-state index contributed by atoms with van der Waals surface area (Å²) in [5, 5.41) is 10.3. The van der Waals surface area contributed by atoms with Crippen LogP contribution in [0.4, 0.5) is 0 Å². The highest BCUT2D eigenvalue weighted by Crippen LogP contribution is 2.35. The molecule has 0 saturated carbocycles. The van der Waals surface area contributed by atoms with Crippen molar-refractivity contribution in [2.75, 3.05) is 32.8 Å². The summed E-state index contributed by atoms with van der Waals surface area (Å²) < 4.78 is 5.60. The highest BCUT2D eigenvalue weighted by Gasteiger charge is 2.34. The van der Waals surface area contributed by atoms with Crippen LogP contribution in [-0.4, -0.2) is 50.3 Å². The number of guanidine groups is 1. The van der Waals surface area contributed by atoms with Gasteiger partial charge in [-0.3, -0.25) is 4.79 Å². The smallest absolute Gasteiger partial charge is 0.242 e. The minimum absolute atomic E-state index is 0. The number of nitrogens with zero attached hydrogens (tertiary/aromatic N) is 1. The summed E-state index contributed by atoms with van der Waals surface area (Å²) in [4.78, 5) is 16.5. The van der Waals surface area contributed by atoms with Crippen LogP contribution in [0, 0.1) is 0 Å². The van der Waals surface area contributed by atoms with Gasteiger partial charge in [-0.25, -0.2) is 4.99 Å². The molecule has 1 aromatic carbocycles. The molecule has 1 fully saturated rings. The van der Waals surface area contributed by atoms with E-state index in [1.165, 1.54) is 5.56 Å². The molecule has 29 heavy (non-hydrogen) atoms. The molecular weight excluding hydrogens is 503 g/mol. The first-order chi connectivity index (χ1) is 13.2. The van der Waals surface area contributed by atoms with Crippen LogP contribution in [0.1, 0.15) is 46.1 Å². The van der Waals surface area contributed by atoms with E-state index in [0.29, 0.717) is 12.5 Å². The average molecular weight is 537 g/mol. The summed E-state index contributed by atoms with van der Waals surface area (Å²) in [5.74, 6) is 0.541. The van der Waals surface area contributed by atoms with Crippen molar-refractivity contribution in [3.63, 3.8) is 0 Å². The molecule has 0 radical (unpaired) electrons. The van der Waals surface area contributed by atoms with E-state index in [-0.39, 0.29) is 47.4 Å². The molecule has 1 aromatic rings. The third kappa shape index (κ3) is 8.68. The summed E-state index contributed by atoms with van der Waals surface area (Å²) >= 11 is 6.24. The molecule has 0 bridgehead atoms. The number of aliphatic imine (C=N–C) groups is 1. The molecule has 1 amide bonds. The van der Waals surface area contributed by atoms with E-state index in [0.717, 1.165) is 37.6 Å². The number of nitrogens with one attached hydrogen (secondary N) is 3. The number of benzene rings is 1. The quantitative estimate of drug-likeness (QED) is 0.296. The Kier molecular flexibility index (Phi) is 10.7. The van der Waals surface area contributed by atoms with E-state index in [1.54, 1.807) is 0 Å². The van der Waals surface area contributed by atoms with Crippen molar-refractivity contribution >= 4 is 47.4 Å². The van der Waals surface area contributed by atoms with E-state index >= 15 is 0 Å². The molecule has 6 nitrogen and oxygen atoms in total. The highest BCUT2D eigenvalue weighted by atomic mass is 127. The van der Waals surface area contributed by atoms with Crippen LogP contribution in [-0.2, 0) is 14.9 Å². The number of amides is 1. The number of carbonyl (C=O) groups is 1. The first-order valence-corrected chi connectivity index (χ1v) is 10.3. The van der Waals surface area contributed by atoms with Gasteiger partial charge < -0.3 is 20.7 Å². The van der Waals surface area contributed by atoms with Gasteiger partial charge in [0.05, 0.1) is 0 Å². The lowest BCUT2D eigenvalue weighted by molar-refractivity contribution is -0.121. The zero-order chi connectivity index (χ0) is 20.6. The van der Waals surface area contributed by atoms with Gasteiger partial charge in [0.25, 0.3) is 0 Å². The lowest BCUT2D eigenvalue weighted by Gasteiger charge is -2.38. The van der Waals surface area contributed by atoms with Gasteiger partial charge in [0.1, 0.15) is 6.54 Å². The van der Waals surface area contributed by atoms with Gasteiger partial charge in [0, 0.05) is 42.3 Å². The third-order valence-electron chi connectivity index (χ3n) is 4.72. The van der Waals surface area contributed by atoms with E-state index in [9.17, 15) is 4.79 Å².